The Morgan fingerprint density at radius 2 is 1.94 bits per heavy atom. The van der Waals surface area contributed by atoms with Crippen LogP contribution in [0, 0.1) is 0 Å². The van der Waals surface area contributed by atoms with Crippen LogP contribution in [0.15, 0.2) is 36.9 Å². The molecule has 0 aliphatic carbocycles. The average molecular weight is 489 g/mol. The van der Waals surface area contributed by atoms with Gasteiger partial charge in [-0.25, -0.2) is 9.78 Å². The van der Waals surface area contributed by atoms with Crippen LogP contribution in [0.3, 0.4) is 0 Å². The molecule has 1 heterocycles. The number of rotatable bonds is 13. The van der Waals surface area contributed by atoms with Gasteiger partial charge < -0.3 is 24.6 Å². The van der Waals surface area contributed by atoms with E-state index in [9.17, 15) is 9.59 Å². The van der Waals surface area contributed by atoms with Gasteiger partial charge in [-0.3, -0.25) is 4.79 Å². The Morgan fingerprint density at radius 1 is 1.19 bits per heavy atom. The number of halogens is 2. The fourth-order valence-electron chi connectivity index (χ4n) is 2.76. The molecule has 32 heavy (non-hydrogen) atoms. The first kappa shape index (κ1) is 27.9. The maximum Gasteiger partial charge on any atom is 0.333 e. The number of carboxylic acids is 2. The third-order valence-electron chi connectivity index (χ3n) is 4.50. The minimum absolute atomic E-state index is 0.160. The van der Waals surface area contributed by atoms with Gasteiger partial charge in [0.25, 0.3) is 0 Å². The highest BCUT2D eigenvalue weighted by molar-refractivity contribution is 6.35. The quantitative estimate of drug-likeness (QED) is 0.350. The molecule has 0 amide bonds. The predicted octanol–water partition coefficient (Wildman–Crippen LogP) is 4.65. The van der Waals surface area contributed by atoms with E-state index in [0.29, 0.717) is 16.7 Å². The first-order valence-corrected chi connectivity index (χ1v) is 11.1. The van der Waals surface area contributed by atoms with Gasteiger partial charge in [0.15, 0.2) is 6.10 Å². The van der Waals surface area contributed by atoms with Crippen molar-refractivity contribution in [2.45, 2.75) is 70.8 Å². The Labute approximate surface area is 197 Å². The number of ether oxygens (including phenoxy) is 1. The van der Waals surface area contributed by atoms with Crippen LogP contribution in [0.5, 0.6) is 0 Å². The molecule has 0 fully saturated rings. The number of hydrogen-bond donors (Lipinski definition) is 3. The van der Waals surface area contributed by atoms with E-state index >= 15 is 0 Å². The summed E-state index contributed by atoms with van der Waals surface area (Å²) in [6.45, 7) is 3.54. The Morgan fingerprint density at radius 3 is 2.47 bits per heavy atom. The Kier molecular flexibility index (Phi) is 13.6. The van der Waals surface area contributed by atoms with Crippen molar-refractivity contribution in [1.29, 1.82) is 0 Å². The monoisotopic (exact) mass is 488 g/mol. The van der Waals surface area contributed by atoms with Crippen molar-refractivity contribution in [2.24, 2.45) is 0 Å². The van der Waals surface area contributed by atoms with E-state index in [1.54, 1.807) is 12.3 Å². The molecule has 2 atom stereocenters. The molecule has 3 N–H and O–H groups in total. The topological polar surface area (TPSA) is 122 Å². The van der Waals surface area contributed by atoms with Gasteiger partial charge in [-0.1, -0.05) is 61.9 Å². The molecule has 0 aliphatic rings. The van der Waals surface area contributed by atoms with Crippen molar-refractivity contribution >= 4 is 35.1 Å². The van der Waals surface area contributed by atoms with E-state index in [1.807, 2.05) is 24.7 Å². The van der Waals surface area contributed by atoms with E-state index < -0.39 is 24.5 Å². The summed E-state index contributed by atoms with van der Waals surface area (Å²) in [5, 5.41) is 25.4. The number of imidazole rings is 1. The molecule has 0 spiro atoms. The molecule has 0 bridgehead atoms. The van der Waals surface area contributed by atoms with Crippen LogP contribution in [0.1, 0.15) is 51.0 Å². The van der Waals surface area contributed by atoms with Crippen LogP contribution in [0.2, 0.25) is 10.0 Å². The van der Waals surface area contributed by atoms with Gasteiger partial charge in [-0.2, -0.15) is 0 Å². The molecule has 0 radical (unpaired) electrons. The number of aliphatic hydroxyl groups excluding tert-OH is 1. The second-order valence-corrected chi connectivity index (χ2v) is 8.07. The van der Waals surface area contributed by atoms with E-state index in [1.165, 1.54) is 25.7 Å². The van der Waals surface area contributed by atoms with Crippen molar-refractivity contribution in [3.05, 3.63) is 52.5 Å². The van der Waals surface area contributed by atoms with Crippen LogP contribution in [-0.4, -0.2) is 49.0 Å². The molecule has 2 aromatic rings. The molecule has 2 rings (SSSR count). The largest absolute Gasteiger partial charge is 0.481 e. The van der Waals surface area contributed by atoms with Crippen LogP contribution in [0.25, 0.3) is 0 Å². The van der Waals surface area contributed by atoms with Gasteiger partial charge in [0.2, 0.25) is 0 Å². The molecular formula is C22H30Cl2N2O6. The number of aliphatic carboxylic acids is 2. The predicted molar refractivity (Wildman–Crippen MR) is 122 cm³/mol. The van der Waals surface area contributed by atoms with Crippen molar-refractivity contribution < 1.29 is 29.6 Å². The van der Waals surface area contributed by atoms with E-state index in [-0.39, 0.29) is 6.10 Å². The summed E-state index contributed by atoms with van der Waals surface area (Å²) in [6.07, 6.45) is 9.21. The van der Waals surface area contributed by atoms with Gasteiger partial charge in [0.1, 0.15) is 0 Å². The highest BCUT2D eigenvalue weighted by atomic mass is 35.5. The van der Waals surface area contributed by atoms with Crippen LogP contribution in [0.4, 0.5) is 0 Å². The molecule has 10 heteroatoms. The van der Waals surface area contributed by atoms with Gasteiger partial charge in [-0.05, 0) is 24.1 Å². The number of hydrogen-bond acceptors (Lipinski definition) is 5. The normalized spacial score (nSPS) is 12.5. The molecule has 1 aromatic carbocycles. The van der Waals surface area contributed by atoms with Crippen LogP contribution >= 0.6 is 23.2 Å². The summed E-state index contributed by atoms with van der Waals surface area (Å²) in [5.74, 6) is -2.85. The van der Waals surface area contributed by atoms with Crippen molar-refractivity contribution in [1.82, 2.24) is 9.55 Å². The van der Waals surface area contributed by atoms with Crippen LogP contribution < -0.4 is 0 Å². The lowest BCUT2D eigenvalue weighted by Gasteiger charge is -2.19. The number of benzene rings is 1. The maximum absolute atomic E-state index is 9.72. The number of aromatic nitrogens is 2. The highest BCUT2D eigenvalue weighted by Crippen LogP contribution is 2.22. The lowest BCUT2D eigenvalue weighted by atomic mass is 10.1. The summed E-state index contributed by atoms with van der Waals surface area (Å²) in [6, 6.07) is 5.53. The van der Waals surface area contributed by atoms with E-state index in [2.05, 4.69) is 16.5 Å². The number of aliphatic hydroxyl groups is 1. The third kappa shape index (κ3) is 12.0. The summed E-state index contributed by atoms with van der Waals surface area (Å²) in [7, 11) is 0. The standard InChI is InChI=1S/C18H24Cl2N2O.C4H6O5/c1-2-3-4-5-6-17(12-22-10-9-21-14-22)23-13-15-7-8-16(19)11-18(15)20;5-2(4(8)9)1-3(6)7/h7-11,14,17H,2-6,12-13H2,1H3;2,5H,1H2,(H,6,7)(H,8,9). The molecule has 8 nitrogen and oxygen atoms in total. The van der Waals surface area contributed by atoms with Crippen molar-refractivity contribution in [3.8, 4) is 0 Å². The smallest absolute Gasteiger partial charge is 0.333 e. The second kappa shape index (κ2) is 15.6. The minimum Gasteiger partial charge on any atom is -0.481 e. The van der Waals surface area contributed by atoms with Gasteiger partial charge in [0, 0.05) is 29.0 Å². The summed E-state index contributed by atoms with van der Waals surface area (Å²) >= 11 is 12.2. The molecule has 0 aliphatic heterocycles. The van der Waals surface area contributed by atoms with E-state index in [0.717, 1.165) is 18.5 Å². The maximum atomic E-state index is 9.72. The van der Waals surface area contributed by atoms with Gasteiger partial charge >= 0.3 is 11.9 Å². The fraction of sp³-hybridized carbons (Fsp3) is 0.500. The summed E-state index contributed by atoms with van der Waals surface area (Å²) in [5.41, 5.74) is 0.972. The average Bonchev–Trinajstić information content (AvgIpc) is 3.23. The lowest BCUT2D eigenvalue weighted by Crippen LogP contribution is -2.22. The number of carboxylic acid groups (broad SMARTS) is 2. The van der Waals surface area contributed by atoms with Crippen LogP contribution in [-0.2, 0) is 27.5 Å². The SMILES string of the molecule is CCCCCCC(Cn1ccnc1)OCc1ccc(Cl)cc1Cl.O=C(O)CC(O)C(=O)O. The molecule has 0 saturated carbocycles. The third-order valence-corrected chi connectivity index (χ3v) is 5.08. The molecule has 0 saturated heterocycles. The summed E-state index contributed by atoms with van der Waals surface area (Å²) in [4.78, 5) is 23.5. The van der Waals surface area contributed by atoms with E-state index in [4.69, 9.17) is 43.3 Å². The second-order valence-electron chi connectivity index (χ2n) is 7.23. The van der Waals surface area contributed by atoms with Gasteiger partial charge in [0.05, 0.1) is 25.5 Å². The first-order valence-electron chi connectivity index (χ1n) is 10.4. The Balaban J connectivity index is 0.000000482. The zero-order valence-electron chi connectivity index (χ0n) is 18.0. The minimum atomic E-state index is -1.79. The zero-order valence-corrected chi connectivity index (χ0v) is 19.5. The Bertz CT molecular complexity index is 817. The van der Waals surface area contributed by atoms with Crippen molar-refractivity contribution in [3.63, 3.8) is 0 Å². The highest BCUT2D eigenvalue weighted by Gasteiger charge is 2.16. The number of unbranched alkanes of at least 4 members (excludes halogenated alkanes) is 3. The molecule has 2 unspecified atom stereocenters. The number of nitrogens with zero attached hydrogens (tertiary/aromatic N) is 2. The Hall–Kier alpha value is -2.13. The first-order chi connectivity index (χ1) is 15.2. The van der Waals surface area contributed by atoms with Gasteiger partial charge in [-0.15, -0.1) is 0 Å². The fourth-order valence-corrected chi connectivity index (χ4v) is 3.22. The molecule has 1 aromatic heterocycles. The molecule has 178 valence electrons. The van der Waals surface area contributed by atoms with Crippen molar-refractivity contribution in [2.75, 3.05) is 0 Å². The zero-order chi connectivity index (χ0) is 23.9. The lowest BCUT2D eigenvalue weighted by molar-refractivity contribution is -0.152. The number of carbonyl (C=O) groups is 2. The summed E-state index contributed by atoms with van der Waals surface area (Å²) < 4.78 is 8.19. The molecular weight excluding hydrogens is 459 g/mol.